The summed E-state index contributed by atoms with van der Waals surface area (Å²) in [6.07, 6.45) is 2.36. The highest BCUT2D eigenvalue weighted by atomic mass is 16.2. The summed E-state index contributed by atoms with van der Waals surface area (Å²) in [6, 6.07) is 6.55. The van der Waals surface area contributed by atoms with Crippen molar-refractivity contribution in [1.82, 2.24) is 10.2 Å². The Morgan fingerprint density at radius 2 is 2.15 bits per heavy atom. The summed E-state index contributed by atoms with van der Waals surface area (Å²) in [5.74, 6) is 0.0741. The van der Waals surface area contributed by atoms with E-state index in [0.717, 1.165) is 25.2 Å². The predicted molar refractivity (Wildman–Crippen MR) is 83.1 cm³/mol. The third-order valence-corrected chi connectivity index (χ3v) is 4.07. The van der Waals surface area contributed by atoms with Crippen LogP contribution in [0.25, 0.3) is 0 Å². The highest BCUT2D eigenvalue weighted by Gasteiger charge is 2.20. The number of piperidine rings is 1. The van der Waals surface area contributed by atoms with Gasteiger partial charge in [-0.2, -0.15) is 0 Å². The quantitative estimate of drug-likeness (QED) is 0.882. The van der Waals surface area contributed by atoms with E-state index >= 15 is 0 Å². The Morgan fingerprint density at radius 3 is 2.85 bits per heavy atom. The Kier molecular flexibility index (Phi) is 5.15. The fourth-order valence-corrected chi connectivity index (χ4v) is 2.66. The molecular weight excluding hydrogens is 250 g/mol. The molecule has 4 heteroatoms. The Hall–Kier alpha value is -1.39. The van der Waals surface area contributed by atoms with Gasteiger partial charge in [-0.25, -0.2) is 0 Å². The first-order valence-electron chi connectivity index (χ1n) is 7.35. The molecule has 0 aliphatic carbocycles. The van der Waals surface area contributed by atoms with Crippen molar-refractivity contribution in [2.45, 2.75) is 32.7 Å². The van der Waals surface area contributed by atoms with Gasteiger partial charge < -0.3 is 10.6 Å². The molecule has 0 bridgehead atoms. The zero-order valence-corrected chi connectivity index (χ0v) is 12.7. The van der Waals surface area contributed by atoms with Crippen LogP contribution < -0.4 is 10.6 Å². The summed E-state index contributed by atoms with van der Waals surface area (Å²) in [4.78, 5) is 14.3. The van der Waals surface area contributed by atoms with Crippen LogP contribution >= 0.6 is 0 Å². The molecule has 20 heavy (non-hydrogen) atoms. The molecule has 4 nitrogen and oxygen atoms in total. The molecule has 0 spiro atoms. The number of nitrogens with zero attached hydrogens (tertiary/aromatic N) is 1. The lowest BCUT2D eigenvalue weighted by Gasteiger charge is -2.31. The lowest BCUT2D eigenvalue weighted by molar-refractivity contribution is -0.117. The number of hydrogen-bond donors (Lipinski definition) is 2. The number of rotatable bonds is 4. The standard InChI is InChI=1S/C16H25N3O/c1-12-6-7-14(9-13(12)2)18-16(20)11-19-8-4-5-15(10-19)17-3/h6-7,9,15,17H,4-5,8,10-11H2,1-3H3,(H,18,20). The minimum absolute atomic E-state index is 0.0741. The van der Waals surface area contributed by atoms with E-state index in [1.165, 1.54) is 17.5 Å². The van der Waals surface area contributed by atoms with Gasteiger partial charge in [-0.3, -0.25) is 9.69 Å². The van der Waals surface area contributed by atoms with Gasteiger partial charge in [0.05, 0.1) is 6.54 Å². The highest BCUT2D eigenvalue weighted by molar-refractivity contribution is 5.92. The summed E-state index contributed by atoms with van der Waals surface area (Å²) in [5.41, 5.74) is 3.34. The van der Waals surface area contributed by atoms with E-state index in [1.54, 1.807) is 0 Å². The molecule has 1 saturated heterocycles. The number of carbonyl (C=O) groups excluding carboxylic acids is 1. The molecule has 1 heterocycles. The number of likely N-dealkylation sites (N-methyl/N-ethyl adjacent to an activating group) is 1. The van der Waals surface area contributed by atoms with Crippen molar-refractivity contribution in [3.8, 4) is 0 Å². The van der Waals surface area contributed by atoms with Crippen LogP contribution in [0, 0.1) is 13.8 Å². The van der Waals surface area contributed by atoms with Gasteiger partial charge in [0.2, 0.25) is 5.91 Å². The number of carbonyl (C=O) groups is 1. The molecule has 1 aliphatic rings. The summed E-state index contributed by atoms with van der Waals surface area (Å²) < 4.78 is 0. The number of amides is 1. The molecule has 1 aromatic carbocycles. The van der Waals surface area contributed by atoms with Crippen molar-refractivity contribution in [3.63, 3.8) is 0 Å². The molecule has 1 aliphatic heterocycles. The summed E-state index contributed by atoms with van der Waals surface area (Å²) in [6.45, 7) is 6.58. The maximum Gasteiger partial charge on any atom is 0.238 e. The molecule has 1 fully saturated rings. The number of aryl methyl sites for hydroxylation is 2. The third-order valence-electron chi connectivity index (χ3n) is 4.07. The molecule has 1 amide bonds. The van der Waals surface area contributed by atoms with Crippen LogP contribution in [0.3, 0.4) is 0 Å². The van der Waals surface area contributed by atoms with E-state index in [0.29, 0.717) is 12.6 Å². The van der Waals surface area contributed by atoms with Gasteiger partial charge in [0.15, 0.2) is 0 Å². The maximum absolute atomic E-state index is 12.1. The minimum Gasteiger partial charge on any atom is -0.325 e. The summed E-state index contributed by atoms with van der Waals surface area (Å²) >= 11 is 0. The normalized spacial score (nSPS) is 19.9. The SMILES string of the molecule is CNC1CCCN(CC(=O)Nc2ccc(C)c(C)c2)C1. The van der Waals surface area contributed by atoms with Crippen LogP contribution in [-0.2, 0) is 4.79 Å². The lowest BCUT2D eigenvalue weighted by Crippen LogP contribution is -2.46. The van der Waals surface area contributed by atoms with Crippen molar-refractivity contribution >= 4 is 11.6 Å². The number of nitrogens with one attached hydrogen (secondary N) is 2. The Labute approximate surface area is 121 Å². The van der Waals surface area contributed by atoms with Crippen LogP contribution in [-0.4, -0.2) is 43.5 Å². The molecule has 1 unspecified atom stereocenters. The van der Waals surface area contributed by atoms with E-state index in [-0.39, 0.29) is 5.91 Å². The van der Waals surface area contributed by atoms with Crippen LogP contribution in [0.5, 0.6) is 0 Å². The van der Waals surface area contributed by atoms with Gasteiger partial charge in [-0.15, -0.1) is 0 Å². The molecular formula is C16H25N3O. The molecule has 2 rings (SSSR count). The van der Waals surface area contributed by atoms with Crippen molar-refractivity contribution in [3.05, 3.63) is 29.3 Å². The second-order valence-corrected chi connectivity index (χ2v) is 5.71. The first-order chi connectivity index (χ1) is 9.58. The molecule has 0 aromatic heterocycles. The average molecular weight is 275 g/mol. The van der Waals surface area contributed by atoms with Crippen LogP contribution in [0.1, 0.15) is 24.0 Å². The number of benzene rings is 1. The fourth-order valence-electron chi connectivity index (χ4n) is 2.66. The number of anilines is 1. The van der Waals surface area contributed by atoms with E-state index in [9.17, 15) is 4.79 Å². The second kappa shape index (κ2) is 6.86. The first-order valence-corrected chi connectivity index (χ1v) is 7.35. The van der Waals surface area contributed by atoms with Crippen LogP contribution in [0.4, 0.5) is 5.69 Å². The van der Waals surface area contributed by atoms with Crippen molar-refractivity contribution in [1.29, 1.82) is 0 Å². The third kappa shape index (κ3) is 4.05. The van der Waals surface area contributed by atoms with Gasteiger partial charge in [-0.1, -0.05) is 6.07 Å². The predicted octanol–water partition coefficient (Wildman–Crippen LogP) is 1.93. The topological polar surface area (TPSA) is 44.4 Å². The molecule has 1 atom stereocenters. The largest absolute Gasteiger partial charge is 0.325 e. The zero-order chi connectivity index (χ0) is 14.5. The van der Waals surface area contributed by atoms with E-state index < -0.39 is 0 Å². The van der Waals surface area contributed by atoms with E-state index in [4.69, 9.17) is 0 Å². The van der Waals surface area contributed by atoms with Gasteiger partial charge in [0.1, 0.15) is 0 Å². The Bertz CT molecular complexity index is 473. The Morgan fingerprint density at radius 1 is 1.35 bits per heavy atom. The highest BCUT2D eigenvalue weighted by Crippen LogP contribution is 2.14. The van der Waals surface area contributed by atoms with Gasteiger partial charge in [0, 0.05) is 18.3 Å². The smallest absolute Gasteiger partial charge is 0.238 e. The first kappa shape index (κ1) is 15.0. The molecule has 110 valence electrons. The number of likely N-dealkylation sites (tertiary alicyclic amines) is 1. The molecule has 0 saturated carbocycles. The Balaban J connectivity index is 1.87. The monoisotopic (exact) mass is 275 g/mol. The zero-order valence-electron chi connectivity index (χ0n) is 12.7. The van der Waals surface area contributed by atoms with Crippen molar-refractivity contribution in [2.24, 2.45) is 0 Å². The molecule has 2 N–H and O–H groups in total. The van der Waals surface area contributed by atoms with Crippen LogP contribution in [0.15, 0.2) is 18.2 Å². The van der Waals surface area contributed by atoms with Gasteiger partial charge in [0.25, 0.3) is 0 Å². The van der Waals surface area contributed by atoms with Gasteiger partial charge in [-0.05, 0) is 63.5 Å². The van der Waals surface area contributed by atoms with E-state index in [1.807, 2.05) is 25.2 Å². The maximum atomic E-state index is 12.1. The van der Waals surface area contributed by atoms with Crippen molar-refractivity contribution < 1.29 is 4.79 Å². The minimum atomic E-state index is 0.0741. The molecule has 1 aromatic rings. The van der Waals surface area contributed by atoms with E-state index in [2.05, 4.69) is 29.4 Å². The van der Waals surface area contributed by atoms with Crippen molar-refractivity contribution in [2.75, 3.05) is 32.0 Å². The fraction of sp³-hybridized carbons (Fsp3) is 0.562. The second-order valence-electron chi connectivity index (χ2n) is 5.71. The molecule has 0 radical (unpaired) electrons. The summed E-state index contributed by atoms with van der Waals surface area (Å²) in [5, 5.41) is 6.29. The van der Waals surface area contributed by atoms with Gasteiger partial charge >= 0.3 is 0 Å². The lowest BCUT2D eigenvalue weighted by atomic mass is 10.1. The summed E-state index contributed by atoms with van der Waals surface area (Å²) in [7, 11) is 1.99. The number of hydrogen-bond acceptors (Lipinski definition) is 3. The average Bonchev–Trinajstić information content (AvgIpc) is 2.43. The van der Waals surface area contributed by atoms with Crippen LogP contribution in [0.2, 0.25) is 0 Å².